The van der Waals surface area contributed by atoms with Gasteiger partial charge in [0.15, 0.2) is 0 Å². The van der Waals surface area contributed by atoms with Gasteiger partial charge < -0.3 is 15.4 Å². The molecular weight excluding hydrogens is 408 g/mol. The van der Waals surface area contributed by atoms with Gasteiger partial charge in [-0.15, -0.1) is 11.3 Å². The van der Waals surface area contributed by atoms with Gasteiger partial charge in [-0.2, -0.15) is 0 Å². The van der Waals surface area contributed by atoms with Crippen molar-refractivity contribution in [1.29, 1.82) is 0 Å². The normalized spacial score (nSPS) is 14.9. The Hall–Kier alpha value is -2.90. The lowest BCUT2D eigenvalue weighted by atomic mass is 10.1. The van der Waals surface area contributed by atoms with Crippen LogP contribution in [0.1, 0.15) is 30.1 Å². The standard InChI is InChI=1S/C24H28N4O2S/c1-30-21-11-9-18(10-12-21)22(28-13-5-6-14-28)16-26-24(29)25-15-20-17-31-23(27-20)19-7-3-2-4-8-19/h2-4,7-12,17,22H,5-6,13-16H2,1H3,(H2,25,26,29). The van der Waals surface area contributed by atoms with Gasteiger partial charge >= 0.3 is 6.03 Å². The SMILES string of the molecule is COc1ccc(C(CNC(=O)NCc2csc(-c3ccccc3)n2)N2CCCC2)cc1. The molecule has 3 aromatic rings. The number of nitrogens with one attached hydrogen (secondary N) is 2. The van der Waals surface area contributed by atoms with Crippen molar-refractivity contribution in [3.8, 4) is 16.3 Å². The van der Waals surface area contributed by atoms with Crippen LogP contribution in [0.25, 0.3) is 10.6 Å². The molecule has 2 heterocycles. The summed E-state index contributed by atoms with van der Waals surface area (Å²) in [4.78, 5) is 19.5. The Morgan fingerprint density at radius 2 is 1.84 bits per heavy atom. The predicted octanol–water partition coefficient (Wildman–Crippen LogP) is 4.46. The van der Waals surface area contributed by atoms with E-state index in [0.29, 0.717) is 13.1 Å². The van der Waals surface area contributed by atoms with Crippen molar-refractivity contribution in [2.45, 2.75) is 25.4 Å². The molecule has 1 unspecified atom stereocenters. The minimum Gasteiger partial charge on any atom is -0.497 e. The van der Waals surface area contributed by atoms with Crippen LogP contribution in [0.2, 0.25) is 0 Å². The highest BCUT2D eigenvalue weighted by atomic mass is 32.1. The topological polar surface area (TPSA) is 66.5 Å². The second-order valence-corrected chi connectivity index (χ2v) is 8.46. The van der Waals surface area contributed by atoms with Crippen molar-refractivity contribution in [2.24, 2.45) is 0 Å². The largest absolute Gasteiger partial charge is 0.497 e. The average Bonchev–Trinajstić information content (AvgIpc) is 3.51. The Balaban J connectivity index is 1.32. The molecule has 1 fully saturated rings. The van der Waals surface area contributed by atoms with E-state index in [-0.39, 0.29) is 12.1 Å². The number of carbonyl (C=O) groups is 1. The summed E-state index contributed by atoms with van der Waals surface area (Å²) in [6.07, 6.45) is 2.40. The first-order valence-corrected chi connectivity index (χ1v) is 11.5. The highest BCUT2D eigenvalue weighted by Gasteiger charge is 2.24. The summed E-state index contributed by atoms with van der Waals surface area (Å²) in [7, 11) is 1.67. The van der Waals surface area contributed by atoms with E-state index in [1.54, 1.807) is 18.4 Å². The van der Waals surface area contributed by atoms with E-state index in [1.165, 1.54) is 18.4 Å². The van der Waals surface area contributed by atoms with Crippen LogP contribution in [-0.2, 0) is 6.54 Å². The van der Waals surface area contributed by atoms with Crippen LogP contribution in [0.5, 0.6) is 5.75 Å². The Kier molecular flexibility index (Phi) is 7.17. The second-order valence-electron chi connectivity index (χ2n) is 7.61. The van der Waals surface area contributed by atoms with Crippen molar-refractivity contribution in [3.05, 3.63) is 71.2 Å². The number of aromatic nitrogens is 1. The lowest BCUT2D eigenvalue weighted by Gasteiger charge is -2.28. The summed E-state index contributed by atoms with van der Waals surface area (Å²) in [5.74, 6) is 0.841. The number of hydrogen-bond donors (Lipinski definition) is 2. The molecule has 2 aromatic carbocycles. The molecule has 6 nitrogen and oxygen atoms in total. The second kappa shape index (κ2) is 10.4. The van der Waals surface area contributed by atoms with Crippen LogP contribution >= 0.6 is 11.3 Å². The van der Waals surface area contributed by atoms with Gasteiger partial charge in [0.1, 0.15) is 10.8 Å². The number of nitrogens with zero attached hydrogens (tertiary/aromatic N) is 2. The van der Waals surface area contributed by atoms with Crippen molar-refractivity contribution in [3.63, 3.8) is 0 Å². The van der Waals surface area contributed by atoms with Gasteiger partial charge in [0.25, 0.3) is 0 Å². The van der Waals surface area contributed by atoms with Gasteiger partial charge in [0.2, 0.25) is 0 Å². The maximum Gasteiger partial charge on any atom is 0.315 e. The van der Waals surface area contributed by atoms with Gasteiger partial charge in [0.05, 0.1) is 25.4 Å². The highest BCUT2D eigenvalue weighted by molar-refractivity contribution is 7.13. The molecular formula is C24H28N4O2S. The third-order valence-electron chi connectivity index (χ3n) is 5.54. The summed E-state index contributed by atoms with van der Waals surface area (Å²) < 4.78 is 5.28. The zero-order valence-corrected chi connectivity index (χ0v) is 18.5. The molecule has 0 radical (unpaired) electrons. The van der Waals surface area contributed by atoms with Crippen LogP contribution in [-0.4, -0.2) is 42.7 Å². The molecule has 1 aliphatic rings. The maximum absolute atomic E-state index is 12.5. The van der Waals surface area contributed by atoms with Crippen LogP contribution in [0.4, 0.5) is 4.79 Å². The average molecular weight is 437 g/mol. The molecule has 0 aliphatic carbocycles. The summed E-state index contributed by atoms with van der Waals surface area (Å²) in [6, 6.07) is 18.2. The van der Waals surface area contributed by atoms with E-state index in [0.717, 1.165) is 35.1 Å². The van der Waals surface area contributed by atoms with Crippen LogP contribution in [0, 0.1) is 0 Å². The smallest absolute Gasteiger partial charge is 0.315 e. The molecule has 2 amide bonds. The highest BCUT2D eigenvalue weighted by Crippen LogP contribution is 2.26. The molecule has 1 aromatic heterocycles. The fourth-order valence-electron chi connectivity index (χ4n) is 3.86. The van der Waals surface area contributed by atoms with E-state index in [1.807, 2.05) is 47.8 Å². The summed E-state index contributed by atoms with van der Waals surface area (Å²) in [6.45, 7) is 3.08. The van der Waals surface area contributed by atoms with Gasteiger partial charge in [-0.3, -0.25) is 4.90 Å². The number of amides is 2. The Bertz CT molecular complexity index is 969. The molecule has 31 heavy (non-hydrogen) atoms. The van der Waals surface area contributed by atoms with Crippen molar-refractivity contribution >= 4 is 17.4 Å². The quantitative estimate of drug-likeness (QED) is 0.547. The van der Waals surface area contributed by atoms with Gasteiger partial charge in [-0.25, -0.2) is 9.78 Å². The Morgan fingerprint density at radius 1 is 1.10 bits per heavy atom. The third kappa shape index (κ3) is 5.62. The molecule has 1 aliphatic heterocycles. The fourth-order valence-corrected chi connectivity index (χ4v) is 4.69. The van der Waals surface area contributed by atoms with Crippen LogP contribution < -0.4 is 15.4 Å². The maximum atomic E-state index is 12.5. The Morgan fingerprint density at radius 3 is 2.55 bits per heavy atom. The Labute approximate surface area is 187 Å². The van der Waals surface area contributed by atoms with Gasteiger partial charge in [-0.1, -0.05) is 42.5 Å². The molecule has 2 N–H and O–H groups in total. The number of urea groups is 1. The molecule has 4 rings (SSSR count). The fraction of sp³-hybridized carbons (Fsp3) is 0.333. The molecule has 0 bridgehead atoms. The van der Waals surface area contributed by atoms with Crippen molar-refractivity contribution in [1.82, 2.24) is 20.5 Å². The van der Waals surface area contributed by atoms with Crippen LogP contribution in [0.15, 0.2) is 60.0 Å². The predicted molar refractivity (Wildman–Crippen MR) is 124 cm³/mol. The number of thiazole rings is 1. The van der Waals surface area contributed by atoms with Crippen molar-refractivity contribution in [2.75, 3.05) is 26.7 Å². The number of likely N-dealkylation sites (tertiary alicyclic amines) is 1. The molecule has 0 spiro atoms. The monoisotopic (exact) mass is 436 g/mol. The molecule has 1 atom stereocenters. The molecule has 162 valence electrons. The lowest BCUT2D eigenvalue weighted by molar-refractivity contribution is 0.220. The molecule has 1 saturated heterocycles. The third-order valence-corrected chi connectivity index (χ3v) is 6.48. The molecule has 7 heteroatoms. The lowest BCUT2D eigenvalue weighted by Crippen LogP contribution is -2.41. The number of ether oxygens (including phenoxy) is 1. The van der Waals surface area contributed by atoms with E-state index in [9.17, 15) is 4.79 Å². The summed E-state index contributed by atoms with van der Waals surface area (Å²) >= 11 is 1.59. The molecule has 0 saturated carbocycles. The number of methoxy groups -OCH3 is 1. The number of hydrogen-bond acceptors (Lipinski definition) is 5. The zero-order valence-electron chi connectivity index (χ0n) is 17.7. The number of rotatable bonds is 8. The van der Waals surface area contributed by atoms with E-state index in [2.05, 4.69) is 32.7 Å². The van der Waals surface area contributed by atoms with E-state index >= 15 is 0 Å². The first-order chi connectivity index (χ1) is 15.2. The van der Waals surface area contributed by atoms with Gasteiger partial charge in [0, 0.05) is 17.5 Å². The minimum atomic E-state index is -0.174. The summed E-state index contributed by atoms with van der Waals surface area (Å²) in [5.41, 5.74) is 3.15. The first-order valence-electron chi connectivity index (χ1n) is 10.6. The number of carbonyl (C=O) groups excluding carboxylic acids is 1. The van der Waals surface area contributed by atoms with E-state index in [4.69, 9.17) is 4.74 Å². The first kappa shape index (κ1) is 21.3. The van der Waals surface area contributed by atoms with Gasteiger partial charge in [-0.05, 0) is 43.6 Å². The van der Waals surface area contributed by atoms with Crippen molar-refractivity contribution < 1.29 is 9.53 Å². The zero-order chi connectivity index (χ0) is 21.5. The van der Waals surface area contributed by atoms with E-state index < -0.39 is 0 Å². The minimum absolute atomic E-state index is 0.156. The summed E-state index contributed by atoms with van der Waals surface area (Å²) in [5, 5.41) is 8.94. The van der Waals surface area contributed by atoms with Crippen LogP contribution in [0.3, 0.4) is 0 Å². The number of benzene rings is 2.